The van der Waals surface area contributed by atoms with Gasteiger partial charge < -0.3 is 19.8 Å². The molecule has 2 aliphatic heterocycles. The number of aromatic amines is 1. The Morgan fingerprint density at radius 2 is 1.80 bits per heavy atom. The maximum Gasteiger partial charge on any atom is 0.338 e. The van der Waals surface area contributed by atoms with Gasteiger partial charge >= 0.3 is 10.8 Å². The molecule has 6 rings (SSSR count). The highest BCUT2D eigenvalue weighted by Gasteiger charge is 2.57. The van der Waals surface area contributed by atoms with Crippen LogP contribution in [0.4, 0.5) is 11.4 Å². The highest BCUT2D eigenvalue weighted by atomic mass is 35.5. The Bertz CT molecular complexity index is 1890. The third-order valence-electron chi connectivity index (χ3n) is 7.43. The van der Waals surface area contributed by atoms with Crippen LogP contribution in [0.3, 0.4) is 0 Å². The number of esters is 1. The Balaban J connectivity index is 1.33. The molecule has 0 saturated carbocycles. The first kappa shape index (κ1) is 30.6. The van der Waals surface area contributed by atoms with Gasteiger partial charge in [0.15, 0.2) is 6.61 Å². The molecule has 45 heavy (non-hydrogen) atoms. The first-order chi connectivity index (χ1) is 21.6. The normalized spacial score (nSPS) is 18.7. The Labute approximate surface area is 270 Å². The molecule has 1 aromatic heterocycles. The quantitative estimate of drug-likeness (QED) is 0.189. The van der Waals surface area contributed by atoms with Gasteiger partial charge in [0.25, 0.3) is 5.91 Å². The van der Waals surface area contributed by atoms with Crippen molar-refractivity contribution in [3.05, 3.63) is 103 Å². The van der Waals surface area contributed by atoms with E-state index in [9.17, 15) is 24.0 Å². The van der Waals surface area contributed by atoms with Crippen molar-refractivity contribution in [1.82, 2.24) is 4.98 Å². The molecule has 1 fully saturated rings. The number of benzene rings is 3. The topological polar surface area (TPSA) is 135 Å². The molecule has 230 valence electrons. The van der Waals surface area contributed by atoms with Crippen LogP contribution in [0.2, 0.25) is 5.02 Å². The summed E-state index contributed by atoms with van der Waals surface area (Å²) in [5.74, 6) is -3.22. The Hall–Kier alpha value is -4.39. The van der Waals surface area contributed by atoms with E-state index in [1.54, 1.807) is 31.2 Å². The van der Waals surface area contributed by atoms with Crippen molar-refractivity contribution in [3.63, 3.8) is 0 Å². The minimum absolute atomic E-state index is 0.213. The lowest BCUT2D eigenvalue weighted by Crippen LogP contribution is -2.32. The van der Waals surface area contributed by atoms with Gasteiger partial charge in [-0.05, 0) is 74.0 Å². The number of ether oxygens (including phenoxy) is 2. The van der Waals surface area contributed by atoms with Crippen molar-refractivity contribution in [2.45, 2.75) is 30.0 Å². The van der Waals surface area contributed by atoms with Crippen molar-refractivity contribution in [3.8, 4) is 5.75 Å². The van der Waals surface area contributed by atoms with Crippen LogP contribution in [0, 0.1) is 12.8 Å². The summed E-state index contributed by atoms with van der Waals surface area (Å²) in [4.78, 5) is 69.6. The van der Waals surface area contributed by atoms with Gasteiger partial charge in [-0.3, -0.25) is 19.2 Å². The van der Waals surface area contributed by atoms with Gasteiger partial charge in [0.1, 0.15) is 11.0 Å². The summed E-state index contributed by atoms with van der Waals surface area (Å²) in [5.41, 5.74) is 2.67. The van der Waals surface area contributed by atoms with Gasteiger partial charge in [-0.25, -0.2) is 9.69 Å². The number of nitrogens with zero attached hydrogens (tertiary/aromatic N) is 1. The SMILES string of the molecule is CCOC(=O)c1ccc(N2C(=O)C3Sc4[nH]c(=O)sc4C(c4cc(Cl)ccc4OCC(=O)Nc4cccc(C)c4)C3C2=O)cc1. The molecule has 3 aromatic carbocycles. The number of aryl methyl sites for hydroxylation is 1. The summed E-state index contributed by atoms with van der Waals surface area (Å²) >= 11 is 8.53. The lowest BCUT2D eigenvalue weighted by Gasteiger charge is -2.31. The molecule has 0 aliphatic carbocycles. The lowest BCUT2D eigenvalue weighted by molar-refractivity contribution is -0.122. The molecule has 0 spiro atoms. The van der Waals surface area contributed by atoms with Crippen LogP contribution in [0.1, 0.15) is 39.2 Å². The average Bonchev–Trinajstić information content (AvgIpc) is 3.50. The fourth-order valence-corrected chi connectivity index (χ4v) is 8.21. The highest BCUT2D eigenvalue weighted by Crippen LogP contribution is 2.54. The van der Waals surface area contributed by atoms with Crippen LogP contribution < -0.4 is 19.8 Å². The predicted molar refractivity (Wildman–Crippen MR) is 172 cm³/mol. The van der Waals surface area contributed by atoms with Gasteiger partial charge in [0.2, 0.25) is 11.8 Å². The number of rotatable bonds is 8. The number of thiazole rings is 1. The number of hydrogen-bond donors (Lipinski definition) is 2. The molecule has 13 heteroatoms. The maximum absolute atomic E-state index is 14.1. The molecular weight excluding hydrogens is 638 g/mol. The number of aromatic nitrogens is 1. The van der Waals surface area contributed by atoms with Crippen LogP contribution in [-0.2, 0) is 19.1 Å². The molecule has 4 aromatic rings. The number of carbonyl (C=O) groups excluding carboxylic acids is 4. The summed E-state index contributed by atoms with van der Waals surface area (Å²) < 4.78 is 11.0. The van der Waals surface area contributed by atoms with E-state index < -0.39 is 40.8 Å². The molecular formula is C32H26ClN3O7S2. The Kier molecular flexibility index (Phi) is 8.54. The second-order valence-electron chi connectivity index (χ2n) is 10.4. The molecule has 2 aliphatic rings. The minimum atomic E-state index is -0.909. The Morgan fingerprint density at radius 3 is 2.53 bits per heavy atom. The van der Waals surface area contributed by atoms with E-state index in [1.807, 2.05) is 25.1 Å². The van der Waals surface area contributed by atoms with E-state index in [4.69, 9.17) is 21.1 Å². The third-order valence-corrected chi connectivity index (χ3v) is 10.1. The molecule has 3 heterocycles. The van der Waals surface area contributed by atoms with Gasteiger partial charge in [-0.2, -0.15) is 0 Å². The standard InChI is InChI=1S/C32H26ClN3O7S2/c1-3-42-31(40)17-7-10-20(11-8-17)36-29(38)25-24(26-28(35-32(41)45-26)44-27(25)30(36)39)21-14-18(33)9-12-22(21)43-15-23(37)34-19-6-4-5-16(2)13-19/h4-14,24-25,27H,3,15H2,1-2H3,(H,34,37)(H,35,41). The van der Waals surface area contributed by atoms with Crippen molar-refractivity contribution >= 4 is 69.8 Å². The van der Waals surface area contributed by atoms with Crippen molar-refractivity contribution in [2.24, 2.45) is 5.92 Å². The van der Waals surface area contributed by atoms with Crippen LogP contribution in [0.15, 0.2) is 76.6 Å². The lowest BCUT2D eigenvalue weighted by atomic mass is 9.82. The largest absolute Gasteiger partial charge is 0.483 e. The number of anilines is 2. The number of nitrogens with one attached hydrogen (secondary N) is 2. The van der Waals surface area contributed by atoms with Gasteiger partial charge in [0, 0.05) is 27.1 Å². The molecule has 2 N–H and O–H groups in total. The summed E-state index contributed by atoms with van der Waals surface area (Å²) in [6.45, 7) is 3.50. The fraction of sp³-hybridized carbons (Fsp3) is 0.219. The van der Waals surface area contributed by atoms with Crippen LogP contribution in [0.5, 0.6) is 5.75 Å². The zero-order valence-corrected chi connectivity index (χ0v) is 26.4. The first-order valence-corrected chi connectivity index (χ1v) is 16.1. The highest BCUT2D eigenvalue weighted by molar-refractivity contribution is 8.00. The predicted octanol–water partition coefficient (Wildman–Crippen LogP) is 5.39. The van der Waals surface area contributed by atoms with Crippen LogP contribution in [0.25, 0.3) is 0 Å². The van der Waals surface area contributed by atoms with E-state index >= 15 is 0 Å². The smallest absolute Gasteiger partial charge is 0.338 e. The van der Waals surface area contributed by atoms with E-state index in [-0.39, 0.29) is 23.7 Å². The van der Waals surface area contributed by atoms with E-state index in [1.165, 1.54) is 24.3 Å². The van der Waals surface area contributed by atoms with Crippen molar-refractivity contribution in [1.29, 1.82) is 0 Å². The molecule has 3 unspecified atom stereocenters. The number of carbonyl (C=O) groups is 4. The van der Waals surface area contributed by atoms with E-state index in [0.29, 0.717) is 37.6 Å². The second kappa shape index (κ2) is 12.5. The number of imide groups is 1. The summed E-state index contributed by atoms with van der Waals surface area (Å²) in [6.07, 6.45) is 0. The summed E-state index contributed by atoms with van der Waals surface area (Å²) in [5, 5.41) is 2.78. The monoisotopic (exact) mass is 663 g/mol. The third kappa shape index (κ3) is 6.00. The van der Waals surface area contributed by atoms with Crippen molar-refractivity contribution in [2.75, 3.05) is 23.4 Å². The first-order valence-electron chi connectivity index (χ1n) is 14.0. The number of thioether (sulfide) groups is 1. The number of halogens is 1. The average molecular weight is 664 g/mol. The maximum atomic E-state index is 14.1. The molecule has 10 nitrogen and oxygen atoms in total. The Morgan fingerprint density at radius 1 is 1.02 bits per heavy atom. The van der Waals surface area contributed by atoms with Crippen LogP contribution in [-0.4, -0.2) is 47.1 Å². The number of fused-ring (bicyclic) bond motifs is 2. The minimum Gasteiger partial charge on any atom is -0.483 e. The summed E-state index contributed by atoms with van der Waals surface area (Å²) in [6, 6.07) is 18.2. The summed E-state index contributed by atoms with van der Waals surface area (Å²) in [7, 11) is 0. The number of H-pyrrole nitrogens is 1. The molecule has 3 amide bonds. The van der Waals surface area contributed by atoms with Crippen molar-refractivity contribution < 1.29 is 28.7 Å². The molecule has 3 atom stereocenters. The van der Waals surface area contributed by atoms with Gasteiger partial charge in [-0.15, -0.1) is 0 Å². The zero-order valence-electron chi connectivity index (χ0n) is 24.0. The van der Waals surface area contributed by atoms with Gasteiger partial charge in [0.05, 0.1) is 28.8 Å². The van der Waals surface area contributed by atoms with E-state index in [0.717, 1.165) is 33.6 Å². The number of hydrogen-bond acceptors (Lipinski definition) is 9. The van der Waals surface area contributed by atoms with E-state index in [2.05, 4.69) is 10.3 Å². The fourth-order valence-electron chi connectivity index (χ4n) is 5.52. The number of amides is 3. The van der Waals surface area contributed by atoms with Gasteiger partial charge in [-0.1, -0.05) is 46.8 Å². The molecule has 0 radical (unpaired) electrons. The zero-order chi connectivity index (χ0) is 31.8. The second-order valence-corrected chi connectivity index (χ2v) is 13.0. The molecule has 0 bridgehead atoms. The van der Waals surface area contributed by atoms with Crippen LogP contribution >= 0.6 is 34.7 Å². The molecule has 1 saturated heterocycles.